The lowest BCUT2D eigenvalue weighted by atomic mass is 9.90. The summed E-state index contributed by atoms with van der Waals surface area (Å²) in [6, 6.07) is 22.1. The van der Waals surface area contributed by atoms with Crippen molar-refractivity contribution in [2.24, 2.45) is 0 Å². The van der Waals surface area contributed by atoms with Gasteiger partial charge >= 0.3 is 0 Å². The summed E-state index contributed by atoms with van der Waals surface area (Å²) in [4.78, 5) is 12.3. The molecule has 0 N–H and O–H groups in total. The topological polar surface area (TPSA) is 63.2 Å². The highest BCUT2D eigenvalue weighted by Gasteiger charge is 2.48. The van der Waals surface area contributed by atoms with E-state index < -0.39 is 11.6 Å². The van der Waals surface area contributed by atoms with Crippen molar-refractivity contribution in [2.45, 2.75) is 50.8 Å². The fourth-order valence-electron chi connectivity index (χ4n) is 4.93. The van der Waals surface area contributed by atoms with Gasteiger partial charge in [-0.2, -0.15) is 0 Å². The summed E-state index contributed by atoms with van der Waals surface area (Å²) in [6.07, 6.45) is 3.32. The molecule has 2 aliphatic rings. The minimum atomic E-state index is -1.37. The van der Waals surface area contributed by atoms with Crippen molar-refractivity contribution in [3.63, 3.8) is 0 Å². The maximum atomic E-state index is 12.3. The third-order valence-electron chi connectivity index (χ3n) is 6.99. The Kier molecular flexibility index (Phi) is 7.10. The summed E-state index contributed by atoms with van der Waals surface area (Å²) in [5.74, 6) is -0.885. The summed E-state index contributed by atoms with van der Waals surface area (Å²) in [6.45, 7) is 3.51. The molecule has 0 saturated carbocycles. The normalized spacial score (nSPS) is 23.3. The van der Waals surface area contributed by atoms with E-state index in [2.05, 4.69) is 25.1 Å². The van der Waals surface area contributed by atoms with Gasteiger partial charge < -0.3 is 23.7 Å². The highest BCUT2D eigenvalue weighted by Crippen LogP contribution is 2.44. The molecule has 0 aliphatic carbocycles. The molecule has 1 saturated heterocycles. The van der Waals surface area contributed by atoms with Crippen molar-refractivity contribution >= 4 is 6.29 Å². The van der Waals surface area contributed by atoms with E-state index in [0.29, 0.717) is 26.1 Å². The molecule has 3 aromatic rings. The van der Waals surface area contributed by atoms with Gasteiger partial charge in [0.15, 0.2) is 23.6 Å². The first-order valence-electron chi connectivity index (χ1n) is 12.4. The second-order valence-corrected chi connectivity index (χ2v) is 9.41. The molecule has 3 aromatic carbocycles. The molecule has 2 atom stereocenters. The van der Waals surface area contributed by atoms with Gasteiger partial charge in [-0.05, 0) is 60.2 Å². The Bertz CT molecular complexity index is 1210. The van der Waals surface area contributed by atoms with Gasteiger partial charge in [0.05, 0.1) is 6.61 Å². The van der Waals surface area contributed by atoms with Gasteiger partial charge in [-0.3, -0.25) is 4.79 Å². The monoisotopic (exact) mass is 488 g/mol. The zero-order valence-corrected chi connectivity index (χ0v) is 20.8. The molecule has 2 unspecified atom stereocenters. The quantitative estimate of drug-likeness (QED) is 0.392. The summed E-state index contributed by atoms with van der Waals surface area (Å²) in [5, 5.41) is 0. The molecule has 0 bridgehead atoms. The van der Waals surface area contributed by atoms with Crippen LogP contribution >= 0.6 is 0 Å². The van der Waals surface area contributed by atoms with Gasteiger partial charge in [0.1, 0.15) is 13.2 Å². The van der Waals surface area contributed by atoms with Crippen LogP contribution in [-0.2, 0) is 37.8 Å². The Morgan fingerprint density at radius 2 is 1.72 bits per heavy atom. The van der Waals surface area contributed by atoms with Gasteiger partial charge in [-0.15, -0.1) is 0 Å². The maximum Gasteiger partial charge on any atom is 0.228 e. The minimum Gasteiger partial charge on any atom is -0.486 e. The van der Waals surface area contributed by atoms with Crippen LogP contribution in [0.25, 0.3) is 0 Å². The van der Waals surface area contributed by atoms with Crippen molar-refractivity contribution in [2.75, 3.05) is 20.3 Å². The van der Waals surface area contributed by atoms with Crippen molar-refractivity contribution in [1.29, 1.82) is 0 Å². The number of fused-ring (bicyclic) bond motifs is 1. The van der Waals surface area contributed by atoms with Crippen molar-refractivity contribution in [3.8, 4) is 11.5 Å². The third-order valence-corrected chi connectivity index (χ3v) is 6.99. The van der Waals surface area contributed by atoms with Gasteiger partial charge in [0, 0.05) is 25.5 Å². The van der Waals surface area contributed by atoms with Crippen LogP contribution in [0, 0.1) is 6.92 Å². The first-order valence-corrected chi connectivity index (χ1v) is 12.4. The predicted molar refractivity (Wildman–Crippen MR) is 135 cm³/mol. The first-order chi connectivity index (χ1) is 17.5. The number of carbonyl (C=O) groups is 1. The highest BCUT2D eigenvalue weighted by atomic mass is 16.8. The lowest BCUT2D eigenvalue weighted by Gasteiger charge is -2.44. The number of aryl methyl sites for hydroxylation is 1. The Morgan fingerprint density at radius 3 is 2.50 bits per heavy atom. The van der Waals surface area contributed by atoms with Crippen LogP contribution in [0.5, 0.6) is 11.5 Å². The van der Waals surface area contributed by atoms with Crippen LogP contribution < -0.4 is 9.47 Å². The third kappa shape index (κ3) is 5.03. The molecule has 0 aromatic heterocycles. The first kappa shape index (κ1) is 24.5. The molecule has 0 radical (unpaired) electrons. The zero-order chi connectivity index (χ0) is 25.0. The van der Waals surface area contributed by atoms with Crippen molar-refractivity contribution in [3.05, 3.63) is 94.5 Å². The van der Waals surface area contributed by atoms with E-state index in [1.807, 2.05) is 48.5 Å². The average molecular weight is 489 g/mol. The van der Waals surface area contributed by atoms with Crippen LogP contribution in [-0.4, -0.2) is 32.4 Å². The Labute approximate surface area is 212 Å². The second-order valence-electron chi connectivity index (χ2n) is 9.41. The molecule has 5 rings (SSSR count). The summed E-state index contributed by atoms with van der Waals surface area (Å²) >= 11 is 0. The zero-order valence-electron chi connectivity index (χ0n) is 20.8. The standard InChI is InChI=1S/C30H32O6/c1-22-9-11-26(19-25(22)17-24-10-12-27-28(18-24)34-16-15-33-27)30(32-2)14-6-13-29(21-31,36-30)35-20-23-7-4-3-5-8-23/h3-5,7-12,18-19,21H,6,13-17,20H2,1-2H3. The summed E-state index contributed by atoms with van der Waals surface area (Å²) < 4.78 is 29.9. The molecule has 0 amide bonds. The van der Waals surface area contributed by atoms with Crippen LogP contribution in [0.15, 0.2) is 66.7 Å². The van der Waals surface area contributed by atoms with E-state index in [1.165, 1.54) is 0 Å². The molecule has 1 fully saturated rings. The Hall–Kier alpha value is -3.19. The Balaban J connectivity index is 1.40. The van der Waals surface area contributed by atoms with E-state index in [4.69, 9.17) is 23.7 Å². The summed E-state index contributed by atoms with van der Waals surface area (Å²) in [7, 11) is 1.62. The molecule has 188 valence electrons. The number of rotatable bonds is 8. The largest absolute Gasteiger partial charge is 0.486 e. The number of benzene rings is 3. The molecule has 2 aliphatic heterocycles. The van der Waals surface area contributed by atoms with Crippen LogP contribution in [0.3, 0.4) is 0 Å². The molecular weight excluding hydrogens is 456 g/mol. The maximum absolute atomic E-state index is 12.3. The number of carbonyl (C=O) groups excluding carboxylic acids is 1. The molecule has 0 spiro atoms. The van der Waals surface area contributed by atoms with Crippen molar-refractivity contribution < 1.29 is 28.5 Å². The van der Waals surface area contributed by atoms with Gasteiger partial charge in [0.25, 0.3) is 0 Å². The van der Waals surface area contributed by atoms with E-state index in [1.54, 1.807) is 7.11 Å². The van der Waals surface area contributed by atoms with E-state index in [-0.39, 0.29) is 6.61 Å². The molecule has 36 heavy (non-hydrogen) atoms. The van der Waals surface area contributed by atoms with Crippen molar-refractivity contribution in [1.82, 2.24) is 0 Å². The second kappa shape index (κ2) is 10.4. The van der Waals surface area contributed by atoms with Gasteiger partial charge in [-0.1, -0.05) is 48.5 Å². The minimum absolute atomic E-state index is 0.280. The van der Waals surface area contributed by atoms with Crippen LogP contribution in [0.4, 0.5) is 0 Å². The van der Waals surface area contributed by atoms with Crippen LogP contribution in [0.1, 0.15) is 47.1 Å². The Morgan fingerprint density at radius 1 is 0.917 bits per heavy atom. The fraction of sp³-hybridized carbons (Fsp3) is 0.367. The number of aldehydes is 1. The lowest BCUT2D eigenvalue weighted by molar-refractivity contribution is -0.366. The fourth-order valence-corrected chi connectivity index (χ4v) is 4.93. The number of hydrogen-bond donors (Lipinski definition) is 0. The van der Waals surface area contributed by atoms with Gasteiger partial charge in [-0.25, -0.2) is 0 Å². The predicted octanol–water partition coefficient (Wildman–Crippen LogP) is 5.47. The SMILES string of the molecule is COC1(c2ccc(C)c(Cc3ccc4c(c3)OCCO4)c2)CCCC(C=O)(OCc2ccccc2)O1. The smallest absolute Gasteiger partial charge is 0.228 e. The average Bonchev–Trinajstić information content (AvgIpc) is 2.93. The van der Waals surface area contributed by atoms with Gasteiger partial charge in [0.2, 0.25) is 5.79 Å². The highest BCUT2D eigenvalue weighted by molar-refractivity contribution is 5.60. The number of hydrogen-bond acceptors (Lipinski definition) is 6. The summed E-state index contributed by atoms with van der Waals surface area (Å²) in [5.41, 5.74) is 5.30. The lowest BCUT2D eigenvalue weighted by Crippen LogP contribution is -2.50. The molecule has 6 nitrogen and oxygen atoms in total. The van der Waals surface area contributed by atoms with Crippen LogP contribution in [0.2, 0.25) is 0 Å². The molecule has 6 heteroatoms. The molecular formula is C30H32O6. The van der Waals surface area contributed by atoms with E-state index >= 15 is 0 Å². The number of ether oxygens (including phenoxy) is 5. The van der Waals surface area contributed by atoms with E-state index in [9.17, 15) is 4.79 Å². The molecule has 2 heterocycles. The van der Waals surface area contributed by atoms with E-state index in [0.717, 1.165) is 58.4 Å². The number of methoxy groups -OCH3 is 1.